The quantitative estimate of drug-likeness (QED) is 0.668. The van der Waals surface area contributed by atoms with Crippen molar-refractivity contribution in [3.05, 3.63) is 0 Å². The molecule has 0 aromatic rings. The predicted octanol–water partition coefficient (Wildman–Crippen LogP) is 0.993. The van der Waals surface area contributed by atoms with Crippen molar-refractivity contribution in [1.82, 2.24) is 0 Å². The predicted molar refractivity (Wildman–Crippen MR) is 57.5 cm³/mol. The highest BCUT2D eigenvalue weighted by molar-refractivity contribution is 5.66. The van der Waals surface area contributed by atoms with E-state index in [1.807, 2.05) is 0 Å². The number of rotatable bonds is 5. The Balaban J connectivity index is 1.63. The molecule has 2 aliphatic rings. The maximum Gasteiger partial charge on any atom is 0.303 e. The maximum atomic E-state index is 10.4. The molecule has 0 amide bonds. The van der Waals surface area contributed by atoms with Gasteiger partial charge in [0.1, 0.15) is 0 Å². The number of carboxylic acids is 1. The first-order chi connectivity index (χ1) is 7.27. The fourth-order valence-electron chi connectivity index (χ4n) is 3.20. The Morgan fingerprint density at radius 3 is 2.80 bits per heavy atom. The van der Waals surface area contributed by atoms with E-state index in [0.717, 1.165) is 30.7 Å². The zero-order chi connectivity index (χ0) is 10.7. The third-order valence-corrected chi connectivity index (χ3v) is 4.21. The van der Waals surface area contributed by atoms with Gasteiger partial charge < -0.3 is 10.4 Å². The summed E-state index contributed by atoms with van der Waals surface area (Å²) in [4.78, 5) is 10.4. The molecule has 86 valence electrons. The molecule has 1 aliphatic heterocycles. The summed E-state index contributed by atoms with van der Waals surface area (Å²) in [6.07, 6.45) is 7.81. The largest absolute Gasteiger partial charge is 0.481 e. The molecule has 0 aromatic heterocycles. The smallest absolute Gasteiger partial charge is 0.303 e. The fourth-order valence-corrected chi connectivity index (χ4v) is 3.20. The summed E-state index contributed by atoms with van der Waals surface area (Å²) in [5, 5.41) is 11.0. The molecular weight excluding hydrogens is 190 g/mol. The van der Waals surface area contributed by atoms with Crippen LogP contribution in [0.1, 0.15) is 44.9 Å². The molecular formula is C12H22NO2+. The molecule has 3 nitrogen and oxygen atoms in total. The Labute approximate surface area is 91.2 Å². The van der Waals surface area contributed by atoms with Crippen LogP contribution in [-0.4, -0.2) is 23.7 Å². The molecule has 2 rings (SSSR count). The molecule has 1 saturated heterocycles. The number of aliphatic carboxylic acids is 1. The zero-order valence-corrected chi connectivity index (χ0v) is 9.32. The summed E-state index contributed by atoms with van der Waals surface area (Å²) in [5.41, 5.74) is 0. The van der Waals surface area contributed by atoms with Gasteiger partial charge in [-0.1, -0.05) is 0 Å². The van der Waals surface area contributed by atoms with Gasteiger partial charge in [-0.3, -0.25) is 4.79 Å². The third kappa shape index (κ3) is 2.71. The highest BCUT2D eigenvalue weighted by atomic mass is 16.4. The SMILES string of the molecule is O=C(O)CCCCC1[NH2+]CCC2CCC21. The summed E-state index contributed by atoms with van der Waals surface area (Å²) in [7, 11) is 0. The van der Waals surface area contributed by atoms with Gasteiger partial charge in [0.05, 0.1) is 12.6 Å². The van der Waals surface area contributed by atoms with Crippen molar-refractivity contribution in [2.24, 2.45) is 11.8 Å². The first-order valence-corrected chi connectivity index (χ1v) is 6.32. The summed E-state index contributed by atoms with van der Waals surface area (Å²) < 4.78 is 0. The highest BCUT2D eigenvalue weighted by Crippen LogP contribution is 2.40. The fraction of sp³-hybridized carbons (Fsp3) is 0.917. The van der Waals surface area contributed by atoms with Crippen molar-refractivity contribution in [2.75, 3.05) is 6.54 Å². The van der Waals surface area contributed by atoms with Crippen LogP contribution in [0, 0.1) is 11.8 Å². The molecule has 0 radical (unpaired) electrons. The number of hydrogen-bond donors (Lipinski definition) is 2. The first-order valence-electron chi connectivity index (χ1n) is 6.32. The van der Waals surface area contributed by atoms with Crippen LogP contribution in [0.25, 0.3) is 0 Å². The van der Waals surface area contributed by atoms with Gasteiger partial charge >= 0.3 is 5.97 Å². The van der Waals surface area contributed by atoms with Crippen LogP contribution in [0.4, 0.5) is 0 Å². The molecule has 3 unspecified atom stereocenters. The lowest BCUT2D eigenvalue weighted by molar-refractivity contribution is -0.712. The third-order valence-electron chi connectivity index (χ3n) is 4.21. The van der Waals surface area contributed by atoms with E-state index < -0.39 is 5.97 Å². The normalized spacial score (nSPS) is 34.3. The Kier molecular flexibility index (Phi) is 3.62. The number of piperidine rings is 1. The van der Waals surface area contributed by atoms with Gasteiger partial charge in [-0.05, 0) is 44.4 Å². The number of quaternary nitrogens is 1. The number of carbonyl (C=O) groups is 1. The molecule has 3 atom stereocenters. The summed E-state index contributed by atoms with van der Waals surface area (Å²) in [6.45, 7) is 1.30. The van der Waals surface area contributed by atoms with Crippen LogP contribution in [0.15, 0.2) is 0 Å². The molecule has 1 saturated carbocycles. The van der Waals surface area contributed by atoms with Crippen LogP contribution >= 0.6 is 0 Å². The van der Waals surface area contributed by atoms with Crippen molar-refractivity contribution < 1.29 is 15.2 Å². The Morgan fingerprint density at radius 2 is 2.13 bits per heavy atom. The van der Waals surface area contributed by atoms with Crippen LogP contribution in [-0.2, 0) is 4.79 Å². The van der Waals surface area contributed by atoms with Crippen molar-refractivity contribution in [2.45, 2.75) is 51.0 Å². The number of unbranched alkanes of at least 4 members (excludes halogenated alkanes) is 1. The minimum Gasteiger partial charge on any atom is -0.481 e. The van der Waals surface area contributed by atoms with E-state index in [4.69, 9.17) is 5.11 Å². The lowest BCUT2D eigenvalue weighted by atomic mass is 9.65. The molecule has 2 fully saturated rings. The lowest BCUT2D eigenvalue weighted by Gasteiger charge is -2.44. The van der Waals surface area contributed by atoms with Crippen LogP contribution in [0.2, 0.25) is 0 Å². The minimum atomic E-state index is -0.649. The average Bonchev–Trinajstić information content (AvgIpc) is 2.15. The van der Waals surface area contributed by atoms with E-state index in [0.29, 0.717) is 6.42 Å². The molecule has 1 aliphatic carbocycles. The van der Waals surface area contributed by atoms with E-state index in [1.165, 1.54) is 32.2 Å². The van der Waals surface area contributed by atoms with Crippen LogP contribution in [0.3, 0.4) is 0 Å². The van der Waals surface area contributed by atoms with Crippen molar-refractivity contribution >= 4 is 5.97 Å². The number of hydrogen-bond acceptors (Lipinski definition) is 1. The molecule has 15 heavy (non-hydrogen) atoms. The van der Waals surface area contributed by atoms with E-state index in [2.05, 4.69) is 5.32 Å². The van der Waals surface area contributed by atoms with Crippen molar-refractivity contribution in [3.63, 3.8) is 0 Å². The molecule has 0 spiro atoms. The van der Waals surface area contributed by atoms with E-state index in [1.54, 1.807) is 0 Å². The molecule has 3 heteroatoms. The number of nitrogens with two attached hydrogens (primary N) is 1. The highest BCUT2D eigenvalue weighted by Gasteiger charge is 2.41. The van der Waals surface area contributed by atoms with Crippen molar-refractivity contribution in [3.8, 4) is 0 Å². The van der Waals surface area contributed by atoms with Gasteiger partial charge in [-0.2, -0.15) is 0 Å². The van der Waals surface area contributed by atoms with Gasteiger partial charge in [-0.15, -0.1) is 0 Å². The Hall–Kier alpha value is -0.570. The monoisotopic (exact) mass is 212 g/mol. The first kappa shape index (κ1) is 10.9. The molecule has 0 bridgehead atoms. The van der Waals surface area contributed by atoms with Crippen molar-refractivity contribution in [1.29, 1.82) is 0 Å². The molecule has 3 N–H and O–H groups in total. The van der Waals surface area contributed by atoms with Crippen LogP contribution < -0.4 is 5.32 Å². The Bertz CT molecular complexity index is 230. The van der Waals surface area contributed by atoms with Crippen LogP contribution in [0.5, 0.6) is 0 Å². The molecule has 1 heterocycles. The second-order valence-corrected chi connectivity index (χ2v) is 5.12. The van der Waals surface area contributed by atoms with Gasteiger partial charge in [0.2, 0.25) is 0 Å². The van der Waals surface area contributed by atoms with E-state index in [9.17, 15) is 4.79 Å². The maximum absolute atomic E-state index is 10.4. The minimum absolute atomic E-state index is 0.348. The van der Waals surface area contributed by atoms with E-state index in [-0.39, 0.29) is 0 Å². The topological polar surface area (TPSA) is 53.9 Å². The van der Waals surface area contributed by atoms with E-state index >= 15 is 0 Å². The number of fused-ring (bicyclic) bond motifs is 1. The second kappa shape index (κ2) is 4.97. The van der Waals surface area contributed by atoms with Gasteiger partial charge in [0.25, 0.3) is 0 Å². The van der Waals surface area contributed by atoms with Gasteiger partial charge in [-0.25, -0.2) is 0 Å². The average molecular weight is 212 g/mol. The summed E-state index contributed by atoms with van der Waals surface area (Å²) >= 11 is 0. The summed E-state index contributed by atoms with van der Waals surface area (Å²) in [5.74, 6) is 1.33. The molecule has 0 aromatic carbocycles. The standard InChI is InChI=1S/C12H21NO2/c14-12(15)4-2-1-3-11-10-6-5-9(10)7-8-13-11/h9-11,13H,1-8H2,(H,14,15)/p+1. The number of carboxylic acid groups (broad SMARTS) is 1. The van der Waals surface area contributed by atoms with Gasteiger partial charge in [0, 0.05) is 12.3 Å². The Morgan fingerprint density at radius 1 is 1.27 bits per heavy atom. The zero-order valence-electron chi connectivity index (χ0n) is 9.32. The lowest BCUT2D eigenvalue weighted by Crippen LogP contribution is -2.94. The second-order valence-electron chi connectivity index (χ2n) is 5.12. The van der Waals surface area contributed by atoms with Gasteiger partial charge in [0.15, 0.2) is 0 Å². The summed E-state index contributed by atoms with van der Waals surface area (Å²) in [6, 6.07) is 0.811.